The minimum absolute atomic E-state index is 0.118. The predicted molar refractivity (Wildman–Crippen MR) is 127 cm³/mol. The first-order chi connectivity index (χ1) is 16.7. The van der Waals surface area contributed by atoms with Gasteiger partial charge in [-0.05, 0) is 48.5 Å². The fourth-order valence-corrected chi connectivity index (χ4v) is 3.03. The van der Waals surface area contributed by atoms with Crippen molar-refractivity contribution >= 4 is 23.5 Å². The fourth-order valence-electron chi connectivity index (χ4n) is 3.03. The molecule has 35 heavy (non-hydrogen) atoms. The molecule has 0 atom stereocenters. The van der Waals surface area contributed by atoms with Gasteiger partial charge in [-0.1, -0.05) is 24.3 Å². The maximum absolute atomic E-state index is 11.3. The van der Waals surface area contributed by atoms with Crippen molar-refractivity contribution in [3.05, 3.63) is 95.4 Å². The number of hydrogen-bond acceptors (Lipinski definition) is 7. The lowest BCUT2D eigenvalue weighted by Gasteiger charge is -2.00. The van der Waals surface area contributed by atoms with Crippen molar-refractivity contribution < 1.29 is 37.9 Å². The topological polar surface area (TPSA) is 124 Å². The van der Waals surface area contributed by atoms with E-state index in [2.05, 4.69) is 4.74 Å². The molecule has 178 valence electrons. The van der Waals surface area contributed by atoms with Gasteiger partial charge in [0, 0.05) is 25.0 Å². The number of furan rings is 2. The molecule has 0 saturated heterocycles. The molecule has 8 nitrogen and oxygen atoms in total. The van der Waals surface area contributed by atoms with Crippen molar-refractivity contribution in [1.29, 1.82) is 0 Å². The van der Waals surface area contributed by atoms with Crippen molar-refractivity contribution in [2.75, 3.05) is 7.11 Å². The monoisotopic (exact) mass is 474 g/mol. The van der Waals surface area contributed by atoms with E-state index in [4.69, 9.17) is 13.9 Å². The molecule has 1 N–H and O–H groups in total. The highest BCUT2D eigenvalue weighted by molar-refractivity contribution is 5.93. The van der Waals surface area contributed by atoms with Gasteiger partial charge in [-0.2, -0.15) is 0 Å². The van der Waals surface area contributed by atoms with E-state index in [1.54, 1.807) is 60.7 Å². The van der Waals surface area contributed by atoms with E-state index in [0.29, 0.717) is 28.6 Å². The van der Waals surface area contributed by atoms with E-state index < -0.39 is 5.97 Å². The highest BCUT2D eigenvalue weighted by Gasteiger charge is 2.10. The number of rotatable bonds is 6. The van der Waals surface area contributed by atoms with Gasteiger partial charge in [-0.3, -0.25) is 9.59 Å². The van der Waals surface area contributed by atoms with Gasteiger partial charge in [0.25, 0.3) is 0 Å². The Morgan fingerprint density at radius 1 is 0.629 bits per heavy atom. The van der Waals surface area contributed by atoms with Crippen molar-refractivity contribution in [2.24, 2.45) is 0 Å². The average Bonchev–Trinajstić information content (AvgIpc) is 3.55. The molecule has 0 spiro atoms. The van der Waals surface area contributed by atoms with Crippen LogP contribution >= 0.6 is 0 Å². The molecular weight excluding hydrogens is 452 g/mol. The van der Waals surface area contributed by atoms with Crippen LogP contribution in [-0.2, 0) is 4.74 Å². The molecule has 2 aromatic carbocycles. The lowest BCUT2D eigenvalue weighted by Crippen LogP contribution is -2.00. The van der Waals surface area contributed by atoms with E-state index in [9.17, 15) is 19.2 Å². The highest BCUT2D eigenvalue weighted by atomic mass is 16.5. The third kappa shape index (κ3) is 6.20. The molecule has 0 fully saturated rings. The Hall–Kier alpha value is -4.72. The summed E-state index contributed by atoms with van der Waals surface area (Å²) in [6.45, 7) is 2.87. The number of carboxylic acid groups (broad SMARTS) is 1. The van der Waals surface area contributed by atoms with Gasteiger partial charge in [0.1, 0.15) is 11.5 Å². The third-order valence-corrected chi connectivity index (χ3v) is 4.91. The summed E-state index contributed by atoms with van der Waals surface area (Å²) >= 11 is 0. The second kappa shape index (κ2) is 10.9. The van der Waals surface area contributed by atoms with Gasteiger partial charge >= 0.3 is 11.9 Å². The molecule has 4 rings (SSSR count). The Morgan fingerprint density at radius 2 is 1.03 bits per heavy atom. The number of carbonyl (C=O) groups excluding carboxylic acids is 3. The van der Waals surface area contributed by atoms with Gasteiger partial charge in [0.2, 0.25) is 0 Å². The Balaban J connectivity index is 0.000000196. The number of ether oxygens (including phenoxy) is 1. The first-order valence-electron chi connectivity index (χ1n) is 10.4. The Morgan fingerprint density at radius 3 is 1.34 bits per heavy atom. The third-order valence-electron chi connectivity index (χ3n) is 4.91. The molecule has 0 saturated carbocycles. The maximum Gasteiger partial charge on any atom is 0.337 e. The summed E-state index contributed by atoms with van der Waals surface area (Å²) in [5.74, 6) is 0.143. The molecule has 2 aromatic heterocycles. The molecular formula is C27H22O8. The van der Waals surface area contributed by atoms with Crippen molar-refractivity contribution in [3.8, 4) is 22.6 Å². The smallest absolute Gasteiger partial charge is 0.337 e. The molecule has 2 heterocycles. The largest absolute Gasteiger partial charge is 0.478 e. The molecule has 0 radical (unpaired) electrons. The van der Waals surface area contributed by atoms with Crippen LogP contribution in [0.3, 0.4) is 0 Å². The summed E-state index contributed by atoms with van der Waals surface area (Å²) in [6.07, 6.45) is 0. The minimum Gasteiger partial charge on any atom is -0.478 e. The second-order valence-electron chi connectivity index (χ2n) is 7.39. The number of methoxy groups -OCH3 is 1. The van der Waals surface area contributed by atoms with E-state index >= 15 is 0 Å². The lowest BCUT2D eigenvalue weighted by atomic mass is 10.1. The van der Waals surface area contributed by atoms with Crippen LogP contribution in [0.25, 0.3) is 22.6 Å². The second-order valence-corrected chi connectivity index (χ2v) is 7.39. The van der Waals surface area contributed by atoms with Gasteiger partial charge in [-0.25, -0.2) is 9.59 Å². The average molecular weight is 474 g/mol. The number of aromatic carboxylic acids is 1. The van der Waals surface area contributed by atoms with Crippen LogP contribution in [0.4, 0.5) is 0 Å². The van der Waals surface area contributed by atoms with Gasteiger partial charge in [0.15, 0.2) is 23.1 Å². The molecule has 0 unspecified atom stereocenters. The highest BCUT2D eigenvalue weighted by Crippen LogP contribution is 2.24. The van der Waals surface area contributed by atoms with Crippen LogP contribution in [0.2, 0.25) is 0 Å². The number of ketones is 2. The van der Waals surface area contributed by atoms with E-state index in [0.717, 1.165) is 11.1 Å². The first kappa shape index (κ1) is 24.9. The van der Waals surface area contributed by atoms with Crippen LogP contribution in [-0.4, -0.2) is 35.7 Å². The van der Waals surface area contributed by atoms with Crippen LogP contribution in [0.5, 0.6) is 0 Å². The van der Waals surface area contributed by atoms with E-state index in [1.807, 2.05) is 0 Å². The molecule has 0 aliphatic rings. The van der Waals surface area contributed by atoms with Gasteiger partial charge < -0.3 is 18.7 Å². The number of carboxylic acids is 1. The molecule has 0 aliphatic carbocycles. The molecule has 4 aromatic rings. The number of carbonyl (C=O) groups is 4. The number of esters is 1. The fraction of sp³-hybridized carbons (Fsp3) is 0.111. The number of hydrogen-bond donors (Lipinski definition) is 1. The molecule has 0 aliphatic heterocycles. The molecule has 8 heteroatoms. The van der Waals surface area contributed by atoms with Gasteiger partial charge in [0.05, 0.1) is 18.2 Å². The molecule has 0 bridgehead atoms. The zero-order chi connectivity index (χ0) is 25.5. The van der Waals surface area contributed by atoms with Gasteiger partial charge in [-0.15, -0.1) is 0 Å². The number of benzene rings is 2. The summed E-state index contributed by atoms with van der Waals surface area (Å²) in [5.41, 5.74) is 2.23. The maximum atomic E-state index is 11.3. The van der Waals surface area contributed by atoms with Crippen molar-refractivity contribution in [1.82, 2.24) is 0 Å². The van der Waals surface area contributed by atoms with E-state index in [-0.39, 0.29) is 23.1 Å². The lowest BCUT2D eigenvalue weighted by molar-refractivity contribution is 0.0599. The van der Waals surface area contributed by atoms with Crippen LogP contribution in [0.1, 0.15) is 55.7 Å². The Kier molecular flexibility index (Phi) is 7.78. The van der Waals surface area contributed by atoms with Crippen LogP contribution in [0, 0.1) is 0 Å². The zero-order valence-corrected chi connectivity index (χ0v) is 19.2. The quantitative estimate of drug-likeness (QED) is 0.275. The summed E-state index contributed by atoms with van der Waals surface area (Å²) in [4.78, 5) is 44.1. The summed E-state index contributed by atoms with van der Waals surface area (Å²) in [6, 6.07) is 19.7. The Bertz CT molecular complexity index is 1350. The van der Waals surface area contributed by atoms with E-state index in [1.165, 1.54) is 33.1 Å². The van der Waals surface area contributed by atoms with Crippen LogP contribution in [0.15, 0.2) is 81.6 Å². The standard InChI is InChI=1S/C14H12O4.C13H10O4/c1-9(15)12-7-8-13(18-12)10-3-5-11(6-4-10)14(16)17-2;1-8(14)11-6-7-12(17-11)9-2-4-10(5-3-9)13(15)16/h3-8H,1-2H3;2-7H,1H3,(H,15,16). The minimum atomic E-state index is -0.972. The SMILES string of the molecule is CC(=O)c1ccc(-c2ccc(C(=O)O)cc2)o1.COC(=O)c1ccc(-c2ccc(C(C)=O)o2)cc1. The zero-order valence-electron chi connectivity index (χ0n) is 19.2. The summed E-state index contributed by atoms with van der Waals surface area (Å²) in [7, 11) is 1.34. The van der Waals surface area contributed by atoms with Crippen molar-refractivity contribution in [2.45, 2.75) is 13.8 Å². The normalized spacial score (nSPS) is 10.1. The molecule has 0 amide bonds. The summed E-state index contributed by atoms with van der Waals surface area (Å²) in [5, 5.41) is 8.76. The van der Waals surface area contributed by atoms with Crippen molar-refractivity contribution in [3.63, 3.8) is 0 Å². The first-order valence-corrected chi connectivity index (χ1v) is 10.4. The predicted octanol–water partition coefficient (Wildman–Crippen LogP) is 5.78. The Labute approximate surface area is 200 Å². The number of Topliss-reactive ketones (excluding diaryl/α,β-unsaturated/α-hetero) is 2. The summed E-state index contributed by atoms with van der Waals surface area (Å²) < 4.78 is 15.3. The van der Waals surface area contributed by atoms with Crippen LogP contribution < -0.4 is 0 Å².